The number of urea groups is 1. The van der Waals surface area contributed by atoms with Crippen molar-refractivity contribution in [3.63, 3.8) is 0 Å². The molecular formula is C21H31N3O4. The molecule has 1 aromatic rings. The molecule has 2 rings (SSSR count). The van der Waals surface area contributed by atoms with Crippen LogP contribution in [0.3, 0.4) is 0 Å². The summed E-state index contributed by atoms with van der Waals surface area (Å²) in [6.07, 6.45) is 0.965. The van der Waals surface area contributed by atoms with Gasteiger partial charge in [-0.2, -0.15) is 0 Å². The van der Waals surface area contributed by atoms with Gasteiger partial charge in [-0.15, -0.1) is 0 Å². The summed E-state index contributed by atoms with van der Waals surface area (Å²) in [5.41, 5.74) is 0.626. The van der Waals surface area contributed by atoms with E-state index in [1.165, 1.54) is 0 Å². The largest absolute Gasteiger partial charge is 0.481 e. The highest BCUT2D eigenvalue weighted by molar-refractivity contribution is 5.82. The Morgan fingerprint density at radius 1 is 1.04 bits per heavy atom. The molecule has 1 unspecified atom stereocenters. The second kappa shape index (κ2) is 9.57. The monoisotopic (exact) mass is 389 g/mol. The van der Waals surface area contributed by atoms with Crippen molar-refractivity contribution in [2.45, 2.75) is 46.1 Å². The molecule has 2 N–H and O–H groups in total. The second-order valence-electron chi connectivity index (χ2n) is 8.30. The Hall–Kier alpha value is -2.57. The fourth-order valence-corrected chi connectivity index (χ4v) is 3.27. The number of carboxylic acids is 1. The zero-order chi connectivity index (χ0) is 20.7. The maximum atomic E-state index is 12.7. The van der Waals surface area contributed by atoms with Crippen LogP contribution in [-0.4, -0.2) is 65.0 Å². The minimum Gasteiger partial charge on any atom is -0.481 e. The Labute approximate surface area is 166 Å². The number of carbonyl (C=O) groups is 3. The zero-order valence-electron chi connectivity index (χ0n) is 17.0. The minimum absolute atomic E-state index is 0.00560. The number of benzene rings is 1. The Kier molecular flexibility index (Phi) is 7.43. The van der Waals surface area contributed by atoms with E-state index in [1.54, 1.807) is 9.80 Å². The molecule has 1 fully saturated rings. The van der Waals surface area contributed by atoms with Crippen LogP contribution < -0.4 is 5.32 Å². The van der Waals surface area contributed by atoms with E-state index in [4.69, 9.17) is 5.11 Å². The van der Waals surface area contributed by atoms with Crippen LogP contribution in [0, 0.1) is 5.41 Å². The molecule has 1 aromatic carbocycles. The lowest BCUT2D eigenvalue weighted by Crippen LogP contribution is -2.56. The number of aliphatic carboxylic acids is 1. The van der Waals surface area contributed by atoms with Crippen LogP contribution in [0.2, 0.25) is 0 Å². The van der Waals surface area contributed by atoms with Crippen molar-refractivity contribution < 1.29 is 19.5 Å². The lowest BCUT2D eigenvalue weighted by atomic mass is 9.94. The van der Waals surface area contributed by atoms with Crippen molar-refractivity contribution in [2.24, 2.45) is 5.41 Å². The highest BCUT2D eigenvalue weighted by Crippen LogP contribution is 2.18. The molecule has 28 heavy (non-hydrogen) atoms. The molecule has 154 valence electrons. The maximum Gasteiger partial charge on any atom is 0.317 e. The number of piperazine rings is 1. The van der Waals surface area contributed by atoms with Gasteiger partial charge in [0.05, 0.1) is 0 Å². The van der Waals surface area contributed by atoms with Crippen molar-refractivity contribution in [1.29, 1.82) is 0 Å². The van der Waals surface area contributed by atoms with E-state index in [-0.39, 0.29) is 24.4 Å². The quantitative estimate of drug-likeness (QED) is 0.782. The third kappa shape index (κ3) is 6.55. The number of rotatable bonds is 6. The molecule has 0 saturated carbocycles. The number of nitrogens with zero attached hydrogens (tertiary/aromatic N) is 2. The zero-order valence-corrected chi connectivity index (χ0v) is 17.0. The van der Waals surface area contributed by atoms with Crippen LogP contribution in [0.25, 0.3) is 0 Å². The van der Waals surface area contributed by atoms with Gasteiger partial charge in [0.25, 0.3) is 0 Å². The van der Waals surface area contributed by atoms with Gasteiger partial charge in [-0.05, 0) is 18.4 Å². The average molecular weight is 389 g/mol. The molecule has 1 heterocycles. The third-order valence-electron chi connectivity index (χ3n) is 4.85. The molecule has 1 aliphatic rings. The molecule has 7 heteroatoms. The van der Waals surface area contributed by atoms with Crippen LogP contribution in [0.1, 0.15) is 39.2 Å². The molecule has 0 bridgehead atoms. The molecule has 0 radical (unpaired) electrons. The van der Waals surface area contributed by atoms with E-state index in [9.17, 15) is 14.4 Å². The van der Waals surface area contributed by atoms with Crippen molar-refractivity contribution in [3.8, 4) is 0 Å². The SMILES string of the molecule is CC(C)(C)C(=O)N1CCN(C(=O)NC(CCC(=O)O)Cc2ccccc2)CC1. The molecule has 0 spiro atoms. The Morgan fingerprint density at radius 2 is 1.61 bits per heavy atom. The number of hydrogen-bond donors (Lipinski definition) is 2. The first-order valence-electron chi connectivity index (χ1n) is 9.77. The Bertz CT molecular complexity index is 677. The smallest absolute Gasteiger partial charge is 0.317 e. The van der Waals surface area contributed by atoms with Gasteiger partial charge in [-0.1, -0.05) is 51.1 Å². The summed E-state index contributed by atoms with van der Waals surface area (Å²) in [6.45, 7) is 7.67. The molecule has 7 nitrogen and oxygen atoms in total. The summed E-state index contributed by atoms with van der Waals surface area (Å²) in [4.78, 5) is 39.5. The van der Waals surface area contributed by atoms with Crippen molar-refractivity contribution >= 4 is 17.9 Å². The highest BCUT2D eigenvalue weighted by atomic mass is 16.4. The van der Waals surface area contributed by atoms with E-state index in [0.717, 1.165) is 5.56 Å². The number of amides is 3. The molecule has 3 amide bonds. The summed E-state index contributed by atoms with van der Waals surface area (Å²) in [5.74, 6) is -0.780. The average Bonchev–Trinajstić information content (AvgIpc) is 2.65. The van der Waals surface area contributed by atoms with Crippen LogP contribution in [0.4, 0.5) is 4.79 Å². The van der Waals surface area contributed by atoms with Gasteiger partial charge in [0, 0.05) is 44.1 Å². The number of hydrogen-bond acceptors (Lipinski definition) is 3. The van der Waals surface area contributed by atoms with E-state index in [0.29, 0.717) is 39.0 Å². The lowest BCUT2D eigenvalue weighted by Gasteiger charge is -2.38. The summed E-state index contributed by atoms with van der Waals surface area (Å²) in [6, 6.07) is 9.27. The standard InChI is InChI=1S/C21H31N3O4/c1-21(2,3)19(27)23-11-13-24(14-12-23)20(28)22-17(9-10-18(25)26)15-16-7-5-4-6-8-16/h4-8,17H,9-15H2,1-3H3,(H,22,28)(H,25,26). The van der Waals surface area contributed by atoms with Crippen molar-refractivity contribution in [3.05, 3.63) is 35.9 Å². The third-order valence-corrected chi connectivity index (χ3v) is 4.85. The van der Waals surface area contributed by atoms with Gasteiger partial charge < -0.3 is 20.2 Å². The van der Waals surface area contributed by atoms with Gasteiger partial charge in [0.1, 0.15) is 0 Å². The Morgan fingerprint density at radius 3 is 2.14 bits per heavy atom. The first-order valence-corrected chi connectivity index (χ1v) is 9.77. The Balaban J connectivity index is 1.92. The summed E-state index contributed by atoms with van der Waals surface area (Å²) in [7, 11) is 0. The molecule has 1 atom stereocenters. The molecular weight excluding hydrogens is 358 g/mol. The van der Waals surface area contributed by atoms with Gasteiger partial charge in [0.15, 0.2) is 0 Å². The van der Waals surface area contributed by atoms with Crippen molar-refractivity contribution in [1.82, 2.24) is 15.1 Å². The fraction of sp³-hybridized carbons (Fsp3) is 0.571. The van der Waals surface area contributed by atoms with E-state index >= 15 is 0 Å². The van der Waals surface area contributed by atoms with Gasteiger partial charge in [-0.3, -0.25) is 9.59 Å². The van der Waals surface area contributed by atoms with Crippen LogP contribution in [0.15, 0.2) is 30.3 Å². The first-order chi connectivity index (χ1) is 13.2. The number of carboxylic acid groups (broad SMARTS) is 1. The predicted octanol–water partition coefficient (Wildman–Crippen LogP) is 2.36. The normalized spacial score (nSPS) is 15.8. The number of carbonyl (C=O) groups excluding carboxylic acids is 2. The summed E-state index contributed by atoms with van der Waals surface area (Å²) >= 11 is 0. The maximum absolute atomic E-state index is 12.7. The second-order valence-corrected chi connectivity index (χ2v) is 8.30. The number of nitrogens with one attached hydrogen (secondary N) is 1. The lowest BCUT2D eigenvalue weighted by molar-refractivity contribution is -0.141. The molecule has 0 aromatic heterocycles. The molecule has 0 aliphatic carbocycles. The predicted molar refractivity (Wildman–Crippen MR) is 107 cm³/mol. The fourth-order valence-electron chi connectivity index (χ4n) is 3.27. The molecule has 1 saturated heterocycles. The summed E-state index contributed by atoms with van der Waals surface area (Å²) < 4.78 is 0. The van der Waals surface area contributed by atoms with Crippen LogP contribution in [-0.2, 0) is 16.0 Å². The van der Waals surface area contributed by atoms with Crippen LogP contribution in [0.5, 0.6) is 0 Å². The minimum atomic E-state index is -0.874. The van der Waals surface area contributed by atoms with E-state index < -0.39 is 11.4 Å². The van der Waals surface area contributed by atoms with Crippen molar-refractivity contribution in [2.75, 3.05) is 26.2 Å². The highest BCUT2D eigenvalue weighted by Gasteiger charge is 2.31. The topological polar surface area (TPSA) is 90.0 Å². The van der Waals surface area contributed by atoms with E-state index in [1.807, 2.05) is 51.1 Å². The van der Waals surface area contributed by atoms with Gasteiger partial charge in [0.2, 0.25) is 5.91 Å². The van der Waals surface area contributed by atoms with Gasteiger partial charge in [-0.25, -0.2) is 4.79 Å². The summed E-state index contributed by atoms with van der Waals surface area (Å²) in [5, 5.41) is 12.0. The molecule has 1 aliphatic heterocycles. The first kappa shape index (κ1) is 21.7. The van der Waals surface area contributed by atoms with Crippen LogP contribution >= 0.6 is 0 Å². The van der Waals surface area contributed by atoms with E-state index in [2.05, 4.69) is 5.32 Å². The van der Waals surface area contributed by atoms with Gasteiger partial charge >= 0.3 is 12.0 Å².